The van der Waals surface area contributed by atoms with Gasteiger partial charge in [0.15, 0.2) is 0 Å². The minimum absolute atomic E-state index is 0.0777. The fourth-order valence-electron chi connectivity index (χ4n) is 5.09. The van der Waals surface area contributed by atoms with Crippen LogP contribution in [0.4, 0.5) is 16.2 Å². The van der Waals surface area contributed by atoms with E-state index in [0.29, 0.717) is 43.2 Å². The molecule has 2 aromatic carbocycles. The maximum absolute atomic E-state index is 12.7. The largest absolute Gasteiger partial charge is 0.480 e. The highest BCUT2D eigenvalue weighted by Crippen LogP contribution is 2.24. The van der Waals surface area contributed by atoms with Crippen molar-refractivity contribution in [1.82, 2.24) is 15.3 Å². The van der Waals surface area contributed by atoms with Gasteiger partial charge < -0.3 is 25.0 Å². The van der Waals surface area contributed by atoms with Gasteiger partial charge in [-0.1, -0.05) is 64.5 Å². The van der Waals surface area contributed by atoms with Crippen LogP contribution in [0.1, 0.15) is 70.8 Å². The van der Waals surface area contributed by atoms with E-state index in [0.717, 1.165) is 64.5 Å². The van der Waals surface area contributed by atoms with E-state index in [-0.39, 0.29) is 12.1 Å². The Morgan fingerprint density at radius 2 is 1.50 bits per heavy atom. The lowest BCUT2D eigenvalue weighted by molar-refractivity contribution is -0.137. The molecule has 1 heterocycles. The third-order valence-electron chi connectivity index (χ3n) is 7.71. The Kier molecular flexibility index (Phi) is 13.3. The number of nitrogens with one attached hydrogen (secondary N) is 2. The topological polar surface area (TPSA) is 132 Å². The van der Waals surface area contributed by atoms with Gasteiger partial charge in [-0.2, -0.15) is 0 Å². The first-order valence-corrected chi connectivity index (χ1v) is 15.3. The first-order chi connectivity index (χ1) is 20.2. The summed E-state index contributed by atoms with van der Waals surface area (Å²) in [4.78, 5) is 53.9. The predicted octanol–water partition coefficient (Wildman–Crippen LogP) is 3.61. The molecule has 11 heteroatoms. The number of rotatable bonds is 18. The minimum Gasteiger partial charge on any atom is -0.480 e. The van der Waals surface area contributed by atoms with Crippen molar-refractivity contribution >= 4 is 23.4 Å². The summed E-state index contributed by atoms with van der Waals surface area (Å²) in [6, 6.07) is 5.48. The fraction of sp³-hybridized carbons (Fsp3) is 0.613. The molecule has 1 amide bonds. The van der Waals surface area contributed by atoms with E-state index in [2.05, 4.69) is 29.5 Å². The lowest BCUT2D eigenvalue weighted by Crippen LogP contribution is -2.53. The summed E-state index contributed by atoms with van der Waals surface area (Å²) in [5, 5.41) is 14.6. The molecule has 1 aliphatic heterocycles. The number of ether oxygens (including phenoxy) is 1. The Hall–Kier alpha value is -3.44. The fourth-order valence-corrected chi connectivity index (χ4v) is 5.09. The van der Waals surface area contributed by atoms with Gasteiger partial charge in [0.1, 0.15) is 23.2 Å². The second kappa shape index (κ2) is 16.9. The molecular weight excluding hydrogens is 538 g/mol. The molecule has 0 saturated carbocycles. The summed E-state index contributed by atoms with van der Waals surface area (Å²) in [5.74, 6) is -0.796. The number of hydrogen-bond acceptors (Lipinski definition) is 9. The van der Waals surface area contributed by atoms with Crippen molar-refractivity contribution in [1.29, 1.82) is 0 Å². The predicted molar refractivity (Wildman–Crippen MR) is 165 cm³/mol. The first-order valence-electron chi connectivity index (χ1n) is 15.3. The summed E-state index contributed by atoms with van der Waals surface area (Å²) in [5.41, 5.74) is 2.60. The molecule has 3 rings (SSSR count). The average Bonchev–Trinajstić information content (AvgIpc) is 2.97. The molecule has 0 unspecified atom stereocenters. The number of unbranched alkanes of at least 4 members (excludes halogenated alkanes) is 6. The molecule has 42 heavy (non-hydrogen) atoms. The number of anilines is 2. The number of hydrogen-bond donors (Lipinski definition) is 3. The molecule has 0 radical (unpaired) electrons. The number of piperazine rings is 1. The zero-order valence-corrected chi connectivity index (χ0v) is 25.3. The van der Waals surface area contributed by atoms with Gasteiger partial charge in [0.25, 0.3) is 10.9 Å². The van der Waals surface area contributed by atoms with E-state index in [9.17, 15) is 24.3 Å². The summed E-state index contributed by atoms with van der Waals surface area (Å²) >= 11 is 0. The number of nitrogens with zero attached hydrogens (tertiary/aromatic N) is 3. The number of hydrazine groups is 1. The Bertz CT molecular complexity index is 1190. The summed E-state index contributed by atoms with van der Waals surface area (Å²) < 4.78 is 5.37. The molecule has 3 N–H and O–H groups in total. The Balaban J connectivity index is 1.63. The van der Waals surface area contributed by atoms with Crippen molar-refractivity contribution in [2.24, 2.45) is 0 Å². The van der Waals surface area contributed by atoms with E-state index >= 15 is 0 Å². The second-order valence-corrected chi connectivity index (χ2v) is 11.2. The number of carbonyl (C=O) groups excluding carboxylic acids is 1. The molecule has 0 spiro atoms. The third kappa shape index (κ3) is 9.84. The van der Waals surface area contributed by atoms with Crippen LogP contribution in [-0.2, 0) is 11.2 Å². The van der Waals surface area contributed by atoms with Gasteiger partial charge in [-0.05, 0) is 37.6 Å². The van der Waals surface area contributed by atoms with E-state index in [1.54, 1.807) is 24.3 Å². The van der Waals surface area contributed by atoms with E-state index in [4.69, 9.17) is 4.74 Å². The molecule has 232 valence electrons. The van der Waals surface area contributed by atoms with Crippen molar-refractivity contribution in [3.63, 3.8) is 0 Å². The average molecular weight is 586 g/mol. The van der Waals surface area contributed by atoms with Gasteiger partial charge in [0.05, 0.1) is 0 Å². The van der Waals surface area contributed by atoms with Gasteiger partial charge in [0, 0.05) is 45.7 Å². The van der Waals surface area contributed by atoms with Gasteiger partial charge in [-0.25, -0.2) is 14.6 Å². The standard InChI is InChI=1S/C31H47N5O6/c1-4-6-8-10-16-35(17-11-9-7-5-2)27-26(28(37)29(27)38)32-25(30(39)40)22-23-12-14-24(15-13-23)42-31(41)33-36-20-18-34(3)19-21-36/h12-15,25,32H,4-11,16-22H2,1-3H3,(H,33,41)(H,39,40)/t25-/m0/s1. The normalized spacial score (nSPS) is 14.9. The molecule has 1 aliphatic rings. The van der Waals surface area contributed by atoms with Crippen LogP contribution in [-0.4, -0.2) is 79.4 Å². The molecule has 11 nitrogen and oxygen atoms in total. The van der Waals surface area contributed by atoms with Gasteiger partial charge in [-0.3, -0.25) is 15.0 Å². The van der Waals surface area contributed by atoms with Crippen molar-refractivity contribution in [3.05, 3.63) is 50.3 Å². The number of carboxylic acid groups (broad SMARTS) is 1. The van der Waals surface area contributed by atoms with Crippen LogP contribution in [0.2, 0.25) is 0 Å². The Morgan fingerprint density at radius 1 is 0.905 bits per heavy atom. The van der Waals surface area contributed by atoms with Crippen LogP contribution in [0.15, 0.2) is 33.9 Å². The van der Waals surface area contributed by atoms with Crippen LogP contribution >= 0.6 is 0 Å². The molecule has 0 aromatic heterocycles. The zero-order valence-electron chi connectivity index (χ0n) is 25.3. The van der Waals surface area contributed by atoms with E-state index in [1.807, 2.05) is 17.0 Å². The van der Waals surface area contributed by atoms with Crippen molar-refractivity contribution in [2.45, 2.75) is 77.7 Å². The van der Waals surface area contributed by atoms with Crippen molar-refractivity contribution in [3.8, 4) is 5.75 Å². The van der Waals surface area contributed by atoms with E-state index < -0.39 is 29.0 Å². The highest BCUT2D eigenvalue weighted by atomic mass is 16.6. The molecule has 1 atom stereocenters. The van der Waals surface area contributed by atoms with E-state index in [1.165, 1.54) is 0 Å². The zero-order chi connectivity index (χ0) is 30.5. The lowest BCUT2D eigenvalue weighted by Gasteiger charge is -2.31. The highest BCUT2D eigenvalue weighted by Gasteiger charge is 2.29. The molecule has 2 aromatic rings. The SMILES string of the molecule is CCCCCCN(CCCCCC)c1c(N[C@@H](Cc2ccc(OC(=O)NN3CCN(C)CC3)cc2)C(=O)O)c(=O)c1=O. The molecular formula is C31H47N5O6. The van der Waals surface area contributed by atoms with Gasteiger partial charge >= 0.3 is 12.1 Å². The monoisotopic (exact) mass is 585 g/mol. The third-order valence-corrected chi connectivity index (χ3v) is 7.71. The Labute approximate surface area is 248 Å². The lowest BCUT2D eigenvalue weighted by atomic mass is 10.0. The maximum Gasteiger partial charge on any atom is 0.427 e. The second-order valence-electron chi connectivity index (χ2n) is 11.2. The smallest absolute Gasteiger partial charge is 0.427 e. The number of carbonyl (C=O) groups is 2. The van der Waals surface area contributed by atoms with Crippen LogP contribution in [0.5, 0.6) is 5.75 Å². The highest BCUT2D eigenvalue weighted by molar-refractivity contribution is 5.83. The number of likely N-dealkylation sites (N-methyl/N-ethyl adjacent to an activating group) is 1. The number of amides is 1. The van der Waals surface area contributed by atoms with Crippen LogP contribution in [0, 0.1) is 0 Å². The summed E-state index contributed by atoms with van der Waals surface area (Å²) in [7, 11) is 2.03. The Morgan fingerprint density at radius 3 is 2.05 bits per heavy atom. The maximum atomic E-state index is 12.7. The van der Waals surface area contributed by atoms with Gasteiger partial charge in [0.2, 0.25) is 0 Å². The molecule has 1 saturated heterocycles. The molecule has 0 bridgehead atoms. The molecule has 1 fully saturated rings. The van der Waals surface area contributed by atoms with Crippen molar-refractivity contribution in [2.75, 3.05) is 56.5 Å². The first kappa shape index (κ1) is 33.1. The van der Waals surface area contributed by atoms with Gasteiger partial charge in [-0.15, -0.1) is 0 Å². The quantitative estimate of drug-likeness (QED) is 0.176. The van der Waals surface area contributed by atoms with Crippen LogP contribution in [0.3, 0.4) is 0 Å². The van der Waals surface area contributed by atoms with Crippen LogP contribution < -0.4 is 31.2 Å². The number of benzene rings is 1. The van der Waals surface area contributed by atoms with Crippen molar-refractivity contribution < 1.29 is 19.4 Å². The number of carboxylic acids is 1. The summed E-state index contributed by atoms with van der Waals surface area (Å²) in [6.45, 7) is 8.70. The summed E-state index contributed by atoms with van der Waals surface area (Å²) in [6.07, 6.45) is 7.78. The van der Waals surface area contributed by atoms with Crippen LogP contribution in [0.25, 0.3) is 0 Å². The number of aliphatic carboxylic acids is 1. The minimum atomic E-state index is -1.13. The molecule has 0 aliphatic carbocycles.